The Morgan fingerprint density at radius 2 is 2.20 bits per heavy atom. The van der Waals surface area contributed by atoms with Gasteiger partial charge in [0, 0.05) is 13.6 Å². The summed E-state index contributed by atoms with van der Waals surface area (Å²) in [4.78, 5) is 23.1. The van der Waals surface area contributed by atoms with E-state index >= 15 is 0 Å². The van der Waals surface area contributed by atoms with Crippen LogP contribution in [0.1, 0.15) is 13.3 Å². The highest BCUT2D eigenvalue weighted by Crippen LogP contribution is 1.99. The Morgan fingerprint density at radius 1 is 1.60 bits per heavy atom. The summed E-state index contributed by atoms with van der Waals surface area (Å²) < 4.78 is 0. The molecular weight excluding hydrogens is 196 g/mol. The Kier molecular flexibility index (Phi) is 5.95. The van der Waals surface area contributed by atoms with Crippen LogP contribution in [0.15, 0.2) is 0 Å². The lowest BCUT2D eigenvalue weighted by atomic mass is 10.1. The van der Waals surface area contributed by atoms with E-state index in [1.54, 1.807) is 14.0 Å². The van der Waals surface area contributed by atoms with E-state index in [1.807, 2.05) is 0 Å². The van der Waals surface area contributed by atoms with E-state index in [-0.39, 0.29) is 12.6 Å². The summed E-state index contributed by atoms with van der Waals surface area (Å²) >= 11 is 0. The summed E-state index contributed by atoms with van der Waals surface area (Å²) in [7, 11) is 1.58. The molecule has 2 amide bonds. The standard InChI is InChI=1S/C10H16N2O3/c1-4-7-12(3)10(15)11-6-5-8(2)9(13)14/h1,8H,5-7H2,2-3H3,(H,11,15)(H,13,14). The minimum Gasteiger partial charge on any atom is -0.481 e. The molecule has 2 N–H and O–H groups in total. The van der Waals surface area contributed by atoms with Crippen molar-refractivity contribution in [1.82, 2.24) is 10.2 Å². The van der Waals surface area contributed by atoms with Gasteiger partial charge in [0.25, 0.3) is 0 Å². The maximum atomic E-state index is 11.3. The molecule has 1 unspecified atom stereocenters. The number of urea groups is 1. The second-order valence-corrected chi connectivity index (χ2v) is 3.32. The fraction of sp³-hybridized carbons (Fsp3) is 0.600. The fourth-order valence-corrected chi connectivity index (χ4v) is 0.863. The number of terminal acetylenes is 1. The van der Waals surface area contributed by atoms with Gasteiger partial charge in [-0.1, -0.05) is 12.8 Å². The van der Waals surface area contributed by atoms with Crippen LogP contribution in [0.2, 0.25) is 0 Å². The number of amides is 2. The molecule has 0 aromatic rings. The van der Waals surface area contributed by atoms with Crippen molar-refractivity contribution < 1.29 is 14.7 Å². The quantitative estimate of drug-likeness (QED) is 0.647. The van der Waals surface area contributed by atoms with Crippen LogP contribution in [0.3, 0.4) is 0 Å². The fourth-order valence-electron chi connectivity index (χ4n) is 0.863. The first-order valence-corrected chi connectivity index (χ1v) is 4.64. The first-order valence-electron chi connectivity index (χ1n) is 4.64. The van der Waals surface area contributed by atoms with Crippen molar-refractivity contribution in [1.29, 1.82) is 0 Å². The third kappa shape index (κ3) is 5.57. The van der Waals surface area contributed by atoms with E-state index in [0.717, 1.165) is 0 Å². The molecule has 0 aliphatic carbocycles. The Morgan fingerprint density at radius 3 is 2.67 bits per heavy atom. The van der Waals surface area contributed by atoms with Gasteiger partial charge < -0.3 is 15.3 Å². The van der Waals surface area contributed by atoms with Crippen molar-refractivity contribution in [2.75, 3.05) is 20.1 Å². The maximum absolute atomic E-state index is 11.3. The van der Waals surface area contributed by atoms with Crippen LogP contribution in [-0.2, 0) is 4.79 Å². The highest BCUT2D eigenvalue weighted by Gasteiger charge is 2.11. The van der Waals surface area contributed by atoms with E-state index in [9.17, 15) is 9.59 Å². The van der Waals surface area contributed by atoms with Gasteiger partial charge >= 0.3 is 12.0 Å². The predicted octanol–water partition coefficient (Wildman–Crippen LogP) is 0.372. The molecule has 0 aromatic carbocycles. The molecule has 0 fully saturated rings. The molecule has 84 valence electrons. The third-order valence-corrected chi connectivity index (χ3v) is 1.95. The van der Waals surface area contributed by atoms with Crippen LogP contribution in [0.5, 0.6) is 0 Å². The van der Waals surface area contributed by atoms with E-state index in [2.05, 4.69) is 11.2 Å². The summed E-state index contributed by atoms with van der Waals surface area (Å²) in [5.74, 6) is 1.02. The van der Waals surface area contributed by atoms with E-state index < -0.39 is 11.9 Å². The molecule has 0 heterocycles. The number of nitrogens with zero attached hydrogens (tertiary/aromatic N) is 1. The van der Waals surface area contributed by atoms with Crippen molar-refractivity contribution in [2.45, 2.75) is 13.3 Å². The number of aliphatic carboxylic acids is 1. The molecule has 0 bridgehead atoms. The topological polar surface area (TPSA) is 69.6 Å². The number of rotatable bonds is 5. The number of carboxylic acids is 1. The van der Waals surface area contributed by atoms with Crippen molar-refractivity contribution in [3.63, 3.8) is 0 Å². The van der Waals surface area contributed by atoms with Crippen LogP contribution >= 0.6 is 0 Å². The van der Waals surface area contributed by atoms with Crippen molar-refractivity contribution >= 4 is 12.0 Å². The number of carboxylic acid groups (broad SMARTS) is 1. The molecule has 5 nitrogen and oxygen atoms in total. The number of carbonyl (C=O) groups is 2. The first-order chi connectivity index (χ1) is 6.99. The molecule has 15 heavy (non-hydrogen) atoms. The largest absolute Gasteiger partial charge is 0.481 e. The van der Waals surface area contributed by atoms with Crippen molar-refractivity contribution in [3.05, 3.63) is 0 Å². The molecule has 0 radical (unpaired) electrons. The van der Waals surface area contributed by atoms with Gasteiger partial charge in [0.15, 0.2) is 0 Å². The SMILES string of the molecule is C#CCN(C)C(=O)NCCC(C)C(=O)O. The van der Waals surface area contributed by atoms with Crippen LogP contribution < -0.4 is 5.32 Å². The lowest BCUT2D eigenvalue weighted by molar-refractivity contribution is -0.141. The van der Waals surface area contributed by atoms with Gasteiger partial charge in [-0.25, -0.2) is 4.79 Å². The van der Waals surface area contributed by atoms with Crippen LogP contribution in [0.4, 0.5) is 4.79 Å². The number of nitrogens with one attached hydrogen (secondary N) is 1. The summed E-state index contributed by atoms with van der Waals surface area (Å²) in [6.45, 7) is 2.17. The molecule has 0 saturated heterocycles. The minimum absolute atomic E-state index is 0.236. The lowest BCUT2D eigenvalue weighted by Crippen LogP contribution is -2.38. The summed E-state index contributed by atoms with van der Waals surface area (Å²) in [6.07, 6.45) is 5.44. The molecule has 0 rings (SSSR count). The van der Waals surface area contributed by atoms with E-state index in [1.165, 1.54) is 4.90 Å². The first kappa shape index (κ1) is 13.3. The van der Waals surface area contributed by atoms with Gasteiger partial charge in [-0.15, -0.1) is 6.42 Å². The zero-order valence-corrected chi connectivity index (χ0v) is 8.99. The smallest absolute Gasteiger partial charge is 0.317 e. The average Bonchev–Trinajstić information content (AvgIpc) is 2.17. The maximum Gasteiger partial charge on any atom is 0.317 e. The van der Waals surface area contributed by atoms with Gasteiger partial charge in [-0.05, 0) is 6.42 Å². The average molecular weight is 212 g/mol. The van der Waals surface area contributed by atoms with Gasteiger partial charge in [0.05, 0.1) is 12.5 Å². The Hall–Kier alpha value is -1.70. The number of hydrogen-bond donors (Lipinski definition) is 2. The Balaban J connectivity index is 3.73. The molecule has 0 aromatic heterocycles. The Labute approximate surface area is 89.4 Å². The van der Waals surface area contributed by atoms with E-state index in [0.29, 0.717) is 13.0 Å². The van der Waals surface area contributed by atoms with Gasteiger partial charge in [0.2, 0.25) is 0 Å². The van der Waals surface area contributed by atoms with Crippen LogP contribution in [-0.4, -0.2) is 42.1 Å². The van der Waals surface area contributed by atoms with E-state index in [4.69, 9.17) is 11.5 Å². The molecular formula is C10H16N2O3. The van der Waals surface area contributed by atoms with Crippen molar-refractivity contribution in [2.24, 2.45) is 5.92 Å². The number of carbonyl (C=O) groups excluding carboxylic acids is 1. The Bertz CT molecular complexity index is 270. The minimum atomic E-state index is -0.860. The van der Waals surface area contributed by atoms with Gasteiger partial charge in [-0.3, -0.25) is 4.79 Å². The summed E-state index contributed by atoms with van der Waals surface area (Å²) in [6, 6.07) is -0.287. The van der Waals surface area contributed by atoms with Crippen LogP contribution in [0, 0.1) is 18.3 Å². The van der Waals surface area contributed by atoms with Gasteiger partial charge in [-0.2, -0.15) is 0 Å². The summed E-state index contributed by atoms with van der Waals surface area (Å²) in [5, 5.41) is 11.2. The molecule has 0 aliphatic heterocycles. The molecule has 0 aliphatic rings. The third-order valence-electron chi connectivity index (χ3n) is 1.95. The molecule has 0 saturated carbocycles. The van der Waals surface area contributed by atoms with Gasteiger partial charge in [0.1, 0.15) is 0 Å². The number of hydrogen-bond acceptors (Lipinski definition) is 2. The highest BCUT2D eigenvalue weighted by molar-refractivity contribution is 5.74. The monoisotopic (exact) mass is 212 g/mol. The predicted molar refractivity (Wildman–Crippen MR) is 56.3 cm³/mol. The molecule has 1 atom stereocenters. The second-order valence-electron chi connectivity index (χ2n) is 3.32. The molecule has 5 heteroatoms. The molecule has 0 spiro atoms. The lowest BCUT2D eigenvalue weighted by Gasteiger charge is -2.15. The van der Waals surface area contributed by atoms with Crippen molar-refractivity contribution in [3.8, 4) is 12.3 Å². The summed E-state index contributed by atoms with van der Waals surface area (Å²) in [5.41, 5.74) is 0. The van der Waals surface area contributed by atoms with Crippen LogP contribution in [0.25, 0.3) is 0 Å². The highest BCUT2D eigenvalue weighted by atomic mass is 16.4. The second kappa shape index (κ2) is 6.71. The normalized spacial score (nSPS) is 11.3. The zero-order valence-electron chi connectivity index (χ0n) is 8.99. The zero-order chi connectivity index (χ0) is 11.8.